The summed E-state index contributed by atoms with van der Waals surface area (Å²) in [5.41, 5.74) is 0.778. The molecule has 10 nitrogen and oxygen atoms in total. The quantitative estimate of drug-likeness (QED) is 0.696. The van der Waals surface area contributed by atoms with Crippen LogP contribution in [0.1, 0.15) is 0 Å². The third kappa shape index (κ3) is 3.72. The van der Waals surface area contributed by atoms with Crippen molar-refractivity contribution in [2.75, 3.05) is 11.9 Å². The molecular weight excluding hydrogens is 312 g/mol. The van der Waals surface area contributed by atoms with Crippen molar-refractivity contribution in [3.05, 3.63) is 42.9 Å². The van der Waals surface area contributed by atoms with Gasteiger partial charge in [-0.25, -0.2) is 4.68 Å². The number of hydrogen-bond acceptors (Lipinski definition) is 7. The third-order valence-electron chi connectivity index (χ3n) is 2.96. The molecule has 2 heterocycles. The van der Waals surface area contributed by atoms with Crippen LogP contribution < -0.4 is 10.1 Å². The van der Waals surface area contributed by atoms with E-state index in [0.29, 0.717) is 11.6 Å². The van der Waals surface area contributed by atoms with E-state index in [2.05, 4.69) is 25.9 Å². The van der Waals surface area contributed by atoms with Gasteiger partial charge in [-0.2, -0.15) is 10.4 Å². The van der Waals surface area contributed by atoms with Gasteiger partial charge in [0, 0.05) is 12.3 Å². The van der Waals surface area contributed by atoms with Gasteiger partial charge in [0.2, 0.25) is 0 Å². The van der Waals surface area contributed by atoms with Gasteiger partial charge in [-0.3, -0.25) is 9.48 Å². The standard InChI is InChI=1S/C14H12N8O2/c15-6-8-21-7-5-13(18-21)17-14(23)9-24-12-3-1-11(2-4-12)22-10-16-19-20-22/h1-5,7,10H,8-9H2,(H,17,18,23). The first-order valence-electron chi connectivity index (χ1n) is 6.91. The summed E-state index contributed by atoms with van der Waals surface area (Å²) in [4.78, 5) is 11.8. The Hall–Kier alpha value is -3.74. The minimum Gasteiger partial charge on any atom is -0.484 e. The molecule has 0 spiro atoms. The van der Waals surface area contributed by atoms with Crippen LogP contribution in [0.15, 0.2) is 42.9 Å². The number of benzene rings is 1. The van der Waals surface area contributed by atoms with Crippen molar-refractivity contribution in [2.45, 2.75) is 6.54 Å². The third-order valence-corrected chi connectivity index (χ3v) is 2.96. The van der Waals surface area contributed by atoms with E-state index in [9.17, 15) is 4.79 Å². The maximum atomic E-state index is 11.8. The maximum absolute atomic E-state index is 11.8. The summed E-state index contributed by atoms with van der Waals surface area (Å²) in [6.45, 7) is -0.0324. The molecule has 0 atom stereocenters. The molecule has 10 heteroatoms. The number of amides is 1. The van der Waals surface area contributed by atoms with Gasteiger partial charge in [0.05, 0.1) is 11.8 Å². The Morgan fingerprint density at radius 1 is 1.29 bits per heavy atom. The van der Waals surface area contributed by atoms with Crippen molar-refractivity contribution in [1.29, 1.82) is 5.26 Å². The van der Waals surface area contributed by atoms with Crippen LogP contribution in [-0.2, 0) is 11.3 Å². The fourth-order valence-electron chi connectivity index (χ4n) is 1.89. The zero-order chi connectivity index (χ0) is 16.8. The van der Waals surface area contributed by atoms with Crippen LogP contribution in [0.25, 0.3) is 5.69 Å². The molecule has 0 radical (unpaired) electrons. The summed E-state index contributed by atoms with van der Waals surface area (Å²) < 4.78 is 8.34. The molecule has 0 bridgehead atoms. The summed E-state index contributed by atoms with van der Waals surface area (Å²) >= 11 is 0. The summed E-state index contributed by atoms with van der Waals surface area (Å²) in [5.74, 6) is 0.562. The molecule has 0 unspecified atom stereocenters. The van der Waals surface area contributed by atoms with E-state index < -0.39 is 0 Å². The highest BCUT2D eigenvalue weighted by molar-refractivity contribution is 5.90. The van der Waals surface area contributed by atoms with Gasteiger partial charge < -0.3 is 10.1 Å². The van der Waals surface area contributed by atoms with Crippen LogP contribution in [0.4, 0.5) is 5.82 Å². The lowest BCUT2D eigenvalue weighted by molar-refractivity contribution is -0.118. The Kier molecular flexibility index (Phi) is 4.43. The lowest BCUT2D eigenvalue weighted by atomic mass is 10.3. The van der Waals surface area contributed by atoms with Crippen LogP contribution in [0.5, 0.6) is 5.75 Å². The highest BCUT2D eigenvalue weighted by Crippen LogP contribution is 2.14. The molecule has 24 heavy (non-hydrogen) atoms. The van der Waals surface area contributed by atoms with Crippen molar-refractivity contribution < 1.29 is 9.53 Å². The van der Waals surface area contributed by atoms with Gasteiger partial charge in [-0.05, 0) is 34.7 Å². The zero-order valence-corrected chi connectivity index (χ0v) is 12.4. The van der Waals surface area contributed by atoms with E-state index in [4.69, 9.17) is 10.00 Å². The van der Waals surface area contributed by atoms with Gasteiger partial charge in [-0.15, -0.1) is 5.10 Å². The Morgan fingerprint density at radius 2 is 2.12 bits per heavy atom. The second kappa shape index (κ2) is 7.01. The summed E-state index contributed by atoms with van der Waals surface area (Å²) in [7, 11) is 0. The minimum atomic E-state index is -0.346. The number of nitrogens with zero attached hydrogens (tertiary/aromatic N) is 7. The highest BCUT2D eigenvalue weighted by Gasteiger charge is 2.06. The first-order chi connectivity index (χ1) is 11.7. The number of aromatic nitrogens is 6. The molecule has 0 aliphatic heterocycles. The average molecular weight is 324 g/mol. The lowest BCUT2D eigenvalue weighted by Gasteiger charge is -2.06. The van der Waals surface area contributed by atoms with Crippen molar-refractivity contribution >= 4 is 11.7 Å². The van der Waals surface area contributed by atoms with Crippen LogP contribution in [-0.4, -0.2) is 42.5 Å². The number of tetrazole rings is 1. The zero-order valence-electron chi connectivity index (χ0n) is 12.4. The molecule has 0 aliphatic rings. The van der Waals surface area contributed by atoms with Crippen molar-refractivity contribution in [2.24, 2.45) is 0 Å². The SMILES string of the molecule is N#CCn1ccc(NC(=O)COc2ccc(-n3cnnn3)cc2)n1. The van der Waals surface area contributed by atoms with E-state index in [1.165, 1.54) is 15.7 Å². The molecule has 1 aromatic carbocycles. The molecule has 0 saturated carbocycles. The Labute approximate surface area is 136 Å². The molecule has 0 saturated heterocycles. The monoisotopic (exact) mass is 324 g/mol. The summed E-state index contributed by atoms with van der Waals surface area (Å²) in [5, 5.41) is 26.1. The molecule has 1 amide bonds. The lowest BCUT2D eigenvalue weighted by Crippen LogP contribution is -2.20. The predicted octanol–water partition coefficient (Wildman–Crippen LogP) is 0.400. The number of nitrogens with one attached hydrogen (secondary N) is 1. The molecule has 2 aromatic heterocycles. The number of rotatable bonds is 6. The first-order valence-corrected chi connectivity index (χ1v) is 6.91. The van der Waals surface area contributed by atoms with E-state index in [0.717, 1.165) is 5.69 Å². The average Bonchev–Trinajstić information content (AvgIpc) is 3.26. The molecule has 1 N–H and O–H groups in total. The Bertz CT molecular complexity index is 848. The normalized spacial score (nSPS) is 10.1. The maximum Gasteiger partial charge on any atom is 0.263 e. The number of nitriles is 1. The molecule has 3 aromatic rings. The van der Waals surface area contributed by atoms with Gasteiger partial charge in [0.15, 0.2) is 12.4 Å². The number of carbonyl (C=O) groups excluding carboxylic acids is 1. The largest absolute Gasteiger partial charge is 0.484 e. The number of carbonyl (C=O) groups is 1. The topological polar surface area (TPSA) is 124 Å². The minimum absolute atomic E-state index is 0.125. The summed E-state index contributed by atoms with van der Waals surface area (Å²) in [6.07, 6.45) is 3.09. The van der Waals surface area contributed by atoms with Crippen LogP contribution in [0.2, 0.25) is 0 Å². The van der Waals surface area contributed by atoms with E-state index in [1.807, 2.05) is 6.07 Å². The fourth-order valence-corrected chi connectivity index (χ4v) is 1.89. The van der Waals surface area contributed by atoms with E-state index >= 15 is 0 Å². The predicted molar refractivity (Wildman–Crippen MR) is 81.1 cm³/mol. The van der Waals surface area contributed by atoms with Gasteiger partial charge in [0.25, 0.3) is 5.91 Å². The van der Waals surface area contributed by atoms with Crippen LogP contribution >= 0.6 is 0 Å². The van der Waals surface area contributed by atoms with Crippen LogP contribution in [0.3, 0.4) is 0 Å². The van der Waals surface area contributed by atoms with E-state index in [-0.39, 0.29) is 19.1 Å². The molecule has 0 fully saturated rings. The summed E-state index contributed by atoms with van der Waals surface area (Å²) in [6, 6.07) is 10.5. The fraction of sp³-hybridized carbons (Fsp3) is 0.143. The van der Waals surface area contributed by atoms with E-state index in [1.54, 1.807) is 36.5 Å². The number of ether oxygens (including phenoxy) is 1. The Morgan fingerprint density at radius 3 is 2.83 bits per heavy atom. The second-order valence-corrected chi connectivity index (χ2v) is 4.64. The van der Waals surface area contributed by atoms with Gasteiger partial charge in [0.1, 0.15) is 18.6 Å². The molecule has 0 aliphatic carbocycles. The first kappa shape index (κ1) is 15.2. The second-order valence-electron chi connectivity index (χ2n) is 4.64. The molecule has 3 rings (SSSR count). The number of hydrogen-bond donors (Lipinski definition) is 1. The van der Waals surface area contributed by atoms with Crippen molar-refractivity contribution in [3.63, 3.8) is 0 Å². The number of anilines is 1. The van der Waals surface area contributed by atoms with Crippen LogP contribution in [0, 0.1) is 11.3 Å². The van der Waals surface area contributed by atoms with Crippen molar-refractivity contribution in [3.8, 4) is 17.5 Å². The van der Waals surface area contributed by atoms with Gasteiger partial charge >= 0.3 is 0 Å². The van der Waals surface area contributed by atoms with Crippen molar-refractivity contribution in [1.82, 2.24) is 30.0 Å². The molecular formula is C14H12N8O2. The van der Waals surface area contributed by atoms with Gasteiger partial charge in [-0.1, -0.05) is 0 Å². The Balaban J connectivity index is 1.51. The molecule has 120 valence electrons. The smallest absolute Gasteiger partial charge is 0.263 e. The highest BCUT2D eigenvalue weighted by atomic mass is 16.5.